The van der Waals surface area contributed by atoms with Crippen molar-refractivity contribution in [3.63, 3.8) is 0 Å². The molecule has 0 fully saturated rings. The Morgan fingerprint density at radius 3 is 2.42 bits per heavy atom. The van der Waals surface area contributed by atoms with Crippen molar-refractivity contribution in [1.82, 2.24) is 0 Å². The predicted molar refractivity (Wildman–Crippen MR) is 57.2 cm³/mol. The van der Waals surface area contributed by atoms with Crippen LogP contribution in [-0.2, 0) is 0 Å². The summed E-state index contributed by atoms with van der Waals surface area (Å²) in [5, 5.41) is 0. The van der Waals surface area contributed by atoms with Crippen molar-refractivity contribution in [2.24, 2.45) is 0 Å². The van der Waals surface area contributed by atoms with Crippen LogP contribution in [0, 0.1) is 0 Å². The highest BCUT2D eigenvalue weighted by atomic mass is 14.0. The van der Waals surface area contributed by atoms with Gasteiger partial charge in [-0.05, 0) is 30.9 Å². The summed E-state index contributed by atoms with van der Waals surface area (Å²) in [5.74, 6) is 0. The van der Waals surface area contributed by atoms with E-state index in [1.165, 1.54) is 17.6 Å². The molecule has 0 saturated carbocycles. The fourth-order valence-electron chi connectivity index (χ4n) is 1.01. The van der Waals surface area contributed by atoms with Gasteiger partial charge in [-0.3, -0.25) is 0 Å². The van der Waals surface area contributed by atoms with E-state index in [1.807, 2.05) is 6.92 Å². The lowest BCUT2D eigenvalue weighted by Crippen LogP contribution is -1.82. The first-order valence-electron chi connectivity index (χ1n) is 4.77. The highest BCUT2D eigenvalue weighted by Gasteiger charge is 1.94. The maximum absolute atomic E-state index is 4.03. The second-order valence-corrected chi connectivity index (χ2v) is 2.91. The van der Waals surface area contributed by atoms with E-state index < -0.39 is 0 Å². The van der Waals surface area contributed by atoms with Crippen LogP contribution < -0.4 is 0 Å². The first kappa shape index (κ1) is 11.2. The first-order chi connectivity index (χ1) is 5.76. The highest BCUT2D eigenvalue weighted by molar-refractivity contribution is 5.37. The van der Waals surface area contributed by atoms with Crippen molar-refractivity contribution in [2.75, 3.05) is 0 Å². The Morgan fingerprint density at radius 1 is 1.33 bits per heavy atom. The Balaban J connectivity index is 4.31. The Morgan fingerprint density at radius 2 is 2.00 bits per heavy atom. The molecule has 12 heavy (non-hydrogen) atoms. The van der Waals surface area contributed by atoms with E-state index in [0.717, 1.165) is 12.8 Å². The van der Waals surface area contributed by atoms with E-state index in [4.69, 9.17) is 0 Å². The molecule has 0 heterocycles. The Bertz CT molecular complexity index is 182. The lowest BCUT2D eigenvalue weighted by molar-refractivity contribution is 0.950. The van der Waals surface area contributed by atoms with Gasteiger partial charge < -0.3 is 0 Å². The van der Waals surface area contributed by atoms with E-state index in [9.17, 15) is 0 Å². The highest BCUT2D eigenvalue weighted by Crippen LogP contribution is 2.14. The monoisotopic (exact) mass is 164 g/mol. The topological polar surface area (TPSA) is 0 Å². The van der Waals surface area contributed by atoms with E-state index in [2.05, 4.69) is 38.7 Å². The molecular weight excluding hydrogens is 144 g/mol. The minimum Gasteiger partial charge on any atom is -0.0953 e. The number of hydrogen-bond donors (Lipinski definition) is 0. The van der Waals surface area contributed by atoms with Gasteiger partial charge in [0.15, 0.2) is 0 Å². The molecule has 0 bridgehead atoms. The van der Waals surface area contributed by atoms with Gasteiger partial charge >= 0.3 is 0 Å². The van der Waals surface area contributed by atoms with Crippen LogP contribution in [0.4, 0.5) is 0 Å². The van der Waals surface area contributed by atoms with Gasteiger partial charge in [-0.15, -0.1) is 0 Å². The standard InChI is InChI=1S/C12H20/c1-5-8-10-12(9-6-2)11(4)7-3/h6,9-10H,4-5,7-8H2,1-3H3/b9-6-,12-10+. The largest absolute Gasteiger partial charge is 0.0953 e. The minimum atomic E-state index is 1.04. The van der Waals surface area contributed by atoms with Crippen LogP contribution in [0.2, 0.25) is 0 Å². The summed E-state index contributed by atoms with van der Waals surface area (Å²) in [4.78, 5) is 0. The summed E-state index contributed by atoms with van der Waals surface area (Å²) < 4.78 is 0. The molecule has 0 spiro atoms. The number of allylic oxidation sites excluding steroid dienone is 5. The summed E-state index contributed by atoms with van der Waals surface area (Å²) in [5.41, 5.74) is 2.54. The van der Waals surface area contributed by atoms with E-state index in [0.29, 0.717) is 0 Å². The summed E-state index contributed by atoms with van der Waals surface area (Å²) >= 11 is 0. The molecule has 0 aliphatic rings. The second kappa shape index (κ2) is 6.90. The number of hydrogen-bond acceptors (Lipinski definition) is 0. The van der Waals surface area contributed by atoms with Crippen LogP contribution in [0.3, 0.4) is 0 Å². The molecule has 0 rings (SSSR count). The zero-order chi connectivity index (χ0) is 9.40. The van der Waals surface area contributed by atoms with Gasteiger partial charge in [0.2, 0.25) is 0 Å². The summed E-state index contributed by atoms with van der Waals surface area (Å²) in [6.07, 6.45) is 9.88. The molecular formula is C12H20. The van der Waals surface area contributed by atoms with Crippen LogP contribution in [-0.4, -0.2) is 0 Å². The predicted octanol–water partition coefficient (Wildman–Crippen LogP) is 4.26. The molecule has 0 aromatic rings. The number of rotatable bonds is 5. The summed E-state index contributed by atoms with van der Waals surface area (Å²) in [7, 11) is 0. The molecule has 0 N–H and O–H groups in total. The fraction of sp³-hybridized carbons (Fsp3) is 0.500. The third-order valence-corrected chi connectivity index (χ3v) is 1.83. The van der Waals surface area contributed by atoms with Gasteiger partial charge in [0.25, 0.3) is 0 Å². The maximum Gasteiger partial charge on any atom is -0.0274 e. The molecule has 0 aliphatic heterocycles. The molecule has 0 aliphatic carbocycles. The molecule has 0 nitrogen and oxygen atoms in total. The van der Waals surface area contributed by atoms with Crippen molar-refractivity contribution in [2.45, 2.75) is 40.0 Å². The third kappa shape index (κ3) is 4.17. The maximum atomic E-state index is 4.03. The van der Waals surface area contributed by atoms with Crippen molar-refractivity contribution in [1.29, 1.82) is 0 Å². The minimum absolute atomic E-state index is 1.04. The lowest BCUT2D eigenvalue weighted by Gasteiger charge is -2.02. The van der Waals surface area contributed by atoms with Gasteiger partial charge in [0, 0.05) is 0 Å². The van der Waals surface area contributed by atoms with Crippen LogP contribution in [0.5, 0.6) is 0 Å². The van der Waals surface area contributed by atoms with E-state index >= 15 is 0 Å². The molecule has 68 valence electrons. The SMILES string of the molecule is C=C(CC)C(/C=C\C)=C/CCC. The lowest BCUT2D eigenvalue weighted by atomic mass is 10.0. The van der Waals surface area contributed by atoms with Crippen LogP contribution in [0.1, 0.15) is 40.0 Å². The zero-order valence-corrected chi connectivity index (χ0v) is 8.56. The Kier molecular flexibility index (Phi) is 6.45. The van der Waals surface area contributed by atoms with Gasteiger partial charge in [0.1, 0.15) is 0 Å². The number of unbranched alkanes of at least 4 members (excludes halogenated alkanes) is 1. The molecule has 0 unspecified atom stereocenters. The quantitative estimate of drug-likeness (QED) is 0.533. The van der Waals surface area contributed by atoms with Gasteiger partial charge in [-0.25, -0.2) is 0 Å². The van der Waals surface area contributed by atoms with Gasteiger partial charge in [-0.2, -0.15) is 0 Å². The first-order valence-corrected chi connectivity index (χ1v) is 4.77. The van der Waals surface area contributed by atoms with Gasteiger partial charge in [0.05, 0.1) is 0 Å². The molecule has 0 atom stereocenters. The average molecular weight is 164 g/mol. The van der Waals surface area contributed by atoms with E-state index in [-0.39, 0.29) is 0 Å². The van der Waals surface area contributed by atoms with Gasteiger partial charge in [-0.1, -0.05) is 45.1 Å². The smallest absolute Gasteiger partial charge is 0.0274 e. The van der Waals surface area contributed by atoms with Crippen molar-refractivity contribution in [3.8, 4) is 0 Å². The summed E-state index contributed by atoms with van der Waals surface area (Å²) in [6, 6.07) is 0. The molecule has 0 aromatic heterocycles. The average Bonchev–Trinajstić information content (AvgIpc) is 2.11. The van der Waals surface area contributed by atoms with Crippen LogP contribution >= 0.6 is 0 Å². The Hall–Kier alpha value is -0.780. The molecule has 0 radical (unpaired) electrons. The normalized spacial score (nSPS) is 12.4. The molecule has 0 saturated heterocycles. The van der Waals surface area contributed by atoms with E-state index in [1.54, 1.807) is 0 Å². The molecule has 0 aromatic carbocycles. The van der Waals surface area contributed by atoms with Crippen molar-refractivity contribution >= 4 is 0 Å². The molecule has 0 heteroatoms. The van der Waals surface area contributed by atoms with Crippen molar-refractivity contribution < 1.29 is 0 Å². The van der Waals surface area contributed by atoms with Crippen LogP contribution in [0.15, 0.2) is 36.0 Å². The fourth-order valence-corrected chi connectivity index (χ4v) is 1.01. The Labute approximate surface area is 76.7 Å². The van der Waals surface area contributed by atoms with Crippen molar-refractivity contribution in [3.05, 3.63) is 36.0 Å². The third-order valence-electron chi connectivity index (χ3n) is 1.83. The summed E-state index contributed by atoms with van der Waals surface area (Å²) in [6.45, 7) is 10.4. The second-order valence-electron chi connectivity index (χ2n) is 2.91. The van der Waals surface area contributed by atoms with Crippen LogP contribution in [0.25, 0.3) is 0 Å². The zero-order valence-electron chi connectivity index (χ0n) is 8.56. The molecule has 0 amide bonds.